The number of carbonyl (C=O) groups excluding carboxylic acids is 1. The van der Waals surface area contributed by atoms with Gasteiger partial charge in [0.05, 0.1) is 20.1 Å². The second-order valence-electron chi connectivity index (χ2n) is 6.27. The zero-order chi connectivity index (χ0) is 19.6. The van der Waals surface area contributed by atoms with E-state index < -0.39 is 23.7 Å². The van der Waals surface area contributed by atoms with Gasteiger partial charge >= 0.3 is 5.97 Å². The highest BCUT2D eigenvalue weighted by atomic mass is 16.5. The number of hydrogen-bond acceptors (Lipinski definition) is 6. The SMILES string of the molecule is COc1cccc([C@@H]2CN(C(=O)c3ccc(CO)o3)C[C@H]2C(=O)O)c1OC. The van der Waals surface area contributed by atoms with E-state index in [0.29, 0.717) is 17.1 Å². The number of aliphatic hydroxyl groups is 1. The Morgan fingerprint density at radius 1 is 1.19 bits per heavy atom. The van der Waals surface area contributed by atoms with Crippen LogP contribution in [0.4, 0.5) is 0 Å². The zero-order valence-electron chi connectivity index (χ0n) is 15.0. The first-order chi connectivity index (χ1) is 13.0. The average molecular weight is 375 g/mol. The second kappa shape index (κ2) is 7.71. The summed E-state index contributed by atoms with van der Waals surface area (Å²) < 4.78 is 16.0. The average Bonchev–Trinajstić information content (AvgIpc) is 3.33. The molecule has 0 unspecified atom stereocenters. The molecule has 0 saturated carbocycles. The molecule has 2 atom stereocenters. The van der Waals surface area contributed by atoms with Crippen LogP contribution < -0.4 is 9.47 Å². The minimum Gasteiger partial charge on any atom is -0.493 e. The minimum atomic E-state index is -0.990. The number of furan rings is 1. The lowest BCUT2D eigenvalue weighted by molar-refractivity contribution is -0.141. The van der Waals surface area contributed by atoms with Gasteiger partial charge in [0, 0.05) is 24.6 Å². The third-order valence-corrected chi connectivity index (χ3v) is 4.79. The van der Waals surface area contributed by atoms with Gasteiger partial charge in [-0.05, 0) is 18.2 Å². The molecule has 8 heteroatoms. The van der Waals surface area contributed by atoms with Gasteiger partial charge in [0.25, 0.3) is 5.91 Å². The van der Waals surface area contributed by atoms with Gasteiger partial charge in [-0.3, -0.25) is 9.59 Å². The van der Waals surface area contributed by atoms with Crippen molar-refractivity contribution in [1.82, 2.24) is 4.90 Å². The molecule has 1 amide bonds. The topological polar surface area (TPSA) is 109 Å². The highest BCUT2D eigenvalue weighted by Gasteiger charge is 2.42. The number of amides is 1. The second-order valence-corrected chi connectivity index (χ2v) is 6.27. The Balaban J connectivity index is 1.92. The van der Waals surface area contributed by atoms with Gasteiger partial charge in [-0.15, -0.1) is 0 Å². The summed E-state index contributed by atoms with van der Waals surface area (Å²) in [6.45, 7) is -0.0580. The Kier molecular flexibility index (Phi) is 5.36. The maximum Gasteiger partial charge on any atom is 0.308 e. The van der Waals surface area contributed by atoms with Crippen LogP contribution in [0.25, 0.3) is 0 Å². The molecule has 0 spiro atoms. The van der Waals surface area contributed by atoms with E-state index in [9.17, 15) is 14.7 Å². The summed E-state index contributed by atoms with van der Waals surface area (Å²) >= 11 is 0. The molecule has 1 aromatic carbocycles. The Morgan fingerprint density at radius 2 is 1.96 bits per heavy atom. The maximum atomic E-state index is 12.7. The molecule has 0 aliphatic carbocycles. The molecule has 1 aliphatic rings. The standard InChI is InChI=1S/C19H21NO7/c1-25-15-5-3-4-12(17(15)26-2)13-8-20(9-14(13)19(23)24)18(22)16-7-6-11(10-21)27-16/h3-7,13-14,21H,8-10H2,1-2H3,(H,23,24)/t13-,14+/m0/s1. The van der Waals surface area contributed by atoms with Crippen molar-refractivity contribution in [2.75, 3.05) is 27.3 Å². The number of likely N-dealkylation sites (tertiary alicyclic amines) is 1. The Morgan fingerprint density at radius 3 is 2.56 bits per heavy atom. The van der Waals surface area contributed by atoms with Crippen LogP contribution in [-0.4, -0.2) is 54.3 Å². The number of aliphatic hydroxyl groups excluding tert-OH is 1. The quantitative estimate of drug-likeness (QED) is 0.791. The number of para-hydroxylation sites is 1. The van der Waals surface area contributed by atoms with Crippen molar-refractivity contribution in [3.63, 3.8) is 0 Å². The molecule has 2 aromatic rings. The van der Waals surface area contributed by atoms with Crippen LogP contribution in [0.5, 0.6) is 11.5 Å². The van der Waals surface area contributed by atoms with Crippen molar-refractivity contribution in [1.29, 1.82) is 0 Å². The van der Waals surface area contributed by atoms with E-state index in [1.165, 1.54) is 31.3 Å². The van der Waals surface area contributed by atoms with E-state index in [1.807, 2.05) is 0 Å². The number of rotatable bonds is 6. The third kappa shape index (κ3) is 3.48. The van der Waals surface area contributed by atoms with Gasteiger partial charge in [0.15, 0.2) is 17.3 Å². The van der Waals surface area contributed by atoms with E-state index in [4.69, 9.17) is 19.0 Å². The number of ether oxygens (including phenoxy) is 2. The molecule has 1 saturated heterocycles. The normalized spacial score (nSPS) is 19.1. The van der Waals surface area contributed by atoms with Gasteiger partial charge < -0.3 is 29.0 Å². The number of carbonyl (C=O) groups is 2. The molecular formula is C19H21NO7. The van der Waals surface area contributed by atoms with E-state index in [-0.39, 0.29) is 31.2 Å². The van der Waals surface area contributed by atoms with Crippen LogP contribution in [-0.2, 0) is 11.4 Å². The molecule has 1 aromatic heterocycles. The van der Waals surface area contributed by atoms with Gasteiger partial charge in [-0.25, -0.2) is 0 Å². The van der Waals surface area contributed by atoms with Crippen molar-refractivity contribution < 1.29 is 33.7 Å². The first-order valence-corrected chi connectivity index (χ1v) is 8.42. The third-order valence-electron chi connectivity index (χ3n) is 4.79. The molecule has 27 heavy (non-hydrogen) atoms. The predicted octanol–water partition coefficient (Wildman–Crippen LogP) is 1.73. The molecule has 3 rings (SSSR count). The summed E-state index contributed by atoms with van der Waals surface area (Å²) in [6, 6.07) is 8.27. The fourth-order valence-electron chi connectivity index (χ4n) is 3.47. The maximum absolute atomic E-state index is 12.7. The van der Waals surface area contributed by atoms with Crippen molar-refractivity contribution >= 4 is 11.9 Å². The van der Waals surface area contributed by atoms with Crippen molar-refractivity contribution in [3.05, 3.63) is 47.4 Å². The lowest BCUT2D eigenvalue weighted by Crippen LogP contribution is -2.29. The molecule has 8 nitrogen and oxygen atoms in total. The number of carboxylic acids is 1. The van der Waals surface area contributed by atoms with Crippen LogP contribution >= 0.6 is 0 Å². The molecule has 1 fully saturated rings. The van der Waals surface area contributed by atoms with Crippen molar-refractivity contribution in [2.45, 2.75) is 12.5 Å². The number of hydrogen-bond donors (Lipinski definition) is 2. The van der Waals surface area contributed by atoms with Crippen molar-refractivity contribution in [3.8, 4) is 11.5 Å². The molecule has 2 N–H and O–H groups in total. The van der Waals surface area contributed by atoms with E-state index in [0.717, 1.165) is 0 Å². The van der Waals surface area contributed by atoms with Crippen molar-refractivity contribution in [2.24, 2.45) is 5.92 Å². The molecule has 1 aliphatic heterocycles. The smallest absolute Gasteiger partial charge is 0.308 e. The largest absolute Gasteiger partial charge is 0.493 e. The number of aliphatic carboxylic acids is 1. The van der Waals surface area contributed by atoms with Crippen LogP contribution in [0, 0.1) is 5.92 Å². The van der Waals surface area contributed by atoms with Crippen LogP contribution in [0.1, 0.15) is 27.8 Å². The first kappa shape index (κ1) is 18.8. The number of carboxylic acid groups (broad SMARTS) is 1. The lowest BCUT2D eigenvalue weighted by atomic mass is 9.88. The van der Waals surface area contributed by atoms with Crippen LogP contribution in [0.15, 0.2) is 34.7 Å². The Bertz CT molecular complexity index is 844. The summed E-state index contributed by atoms with van der Waals surface area (Å²) in [5.41, 5.74) is 0.676. The molecule has 0 radical (unpaired) electrons. The van der Waals surface area contributed by atoms with E-state index in [2.05, 4.69) is 0 Å². The first-order valence-electron chi connectivity index (χ1n) is 8.42. The van der Waals surface area contributed by atoms with Crippen LogP contribution in [0.2, 0.25) is 0 Å². The summed E-state index contributed by atoms with van der Waals surface area (Å²) in [5.74, 6) is -1.33. The Hall–Kier alpha value is -3.00. The van der Waals surface area contributed by atoms with Gasteiger partial charge in [-0.1, -0.05) is 12.1 Å². The van der Waals surface area contributed by atoms with Gasteiger partial charge in [-0.2, -0.15) is 0 Å². The fraction of sp³-hybridized carbons (Fsp3) is 0.368. The molecule has 144 valence electrons. The highest BCUT2D eigenvalue weighted by Crippen LogP contribution is 2.42. The summed E-state index contributed by atoms with van der Waals surface area (Å²) in [5, 5.41) is 18.8. The highest BCUT2D eigenvalue weighted by molar-refractivity contribution is 5.92. The van der Waals surface area contributed by atoms with E-state index in [1.54, 1.807) is 18.2 Å². The number of nitrogens with zero attached hydrogens (tertiary/aromatic N) is 1. The zero-order valence-corrected chi connectivity index (χ0v) is 15.0. The molecule has 0 bridgehead atoms. The number of methoxy groups -OCH3 is 2. The lowest BCUT2D eigenvalue weighted by Gasteiger charge is -2.20. The van der Waals surface area contributed by atoms with Gasteiger partial charge in [0.1, 0.15) is 12.4 Å². The van der Waals surface area contributed by atoms with Crippen LogP contribution in [0.3, 0.4) is 0 Å². The Labute approximate surface area is 155 Å². The van der Waals surface area contributed by atoms with Gasteiger partial charge in [0.2, 0.25) is 0 Å². The summed E-state index contributed by atoms with van der Waals surface area (Å²) in [6.07, 6.45) is 0. The minimum absolute atomic E-state index is 0.0500. The summed E-state index contributed by atoms with van der Waals surface area (Å²) in [7, 11) is 3.00. The molecule has 2 heterocycles. The molecular weight excluding hydrogens is 354 g/mol. The summed E-state index contributed by atoms with van der Waals surface area (Å²) in [4.78, 5) is 26.0. The monoisotopic (exact) mass is 375 g/mol. The fourth-order valence-corrected chi connectivity index (χ4v) is 3.47. The van der Waals surface area contributed by atoms with E-state index >= 15 is 0 Å². The predicted molar refractivity (Wildman–Crippen MR) is 93.9 cm³/mol. The number of benzene rings is 1.